The molecule has 0 aromatic heterocycles. The normalized spacial score (nSPS) is 10.3. The summed E-state index contributed by atoms with van der Waals surface area (Å²) >= 11 is 0. The Labute approximate surface area is 144 Å². The summed E-state index contributed by atoms with van der Waals surface area (Å²) in [5.41, 5.74) is 1.08. The van der Waals surface area contributed by atoms with E-state index in [-0.39, 0.29) is 45.8 Å². The molecule has 0 saturated carbocycles. The fourth-order valence-electron chi connectivity index (χ4n) is 1.64. The summed E-state index contributed by atoms with van der Waals surface area (Å²) in [7, 11) is -4.52. The predicted octanol–water partition coefficient (Wildman–Crippen LogP) is -1.30. The number of rotatable bonds is 3. The van der Waals surface area contributed by atoms with Crippen molar-refractivity contribution in [3.63, 3.8) is 0 Å². The molecule has 0 N–H and O–H groups in total. The average molecular weight is 309 g/mol. The van der Waals surface area contributed by atoms with E-state index in [0.29, 0.717) is 11.1 Å². The second-order valence-electron chi connectivity index (χ2n) is 4.00. The van der Waals surface area contributed by atoms with E-state index in [1.807, 2.05) is 6.07 Å². The van der Waals surface area contributed by atoms with Crippen molar-refractivity contribution in [1.82, 2.24) is 0 Å². The molecule has 0 spiro atoms. The fraction of sp³-hybridized carbons (Fsp3) is 0. The number of carbonyl (C=O) groups is 1. The van der Waals surface area contributed by atoms with Gasteiger partial charge in [0, 0.05) is 11.1 Å². The molecule has 0 atom stereocenters. The molecule has 2 aromatic rings. The summed E-state index contributed by atoms with van der Waals surface area (Å²) in [6, 6.07) is 12.8. The van der Waals surface area contributed by atoms with Gasteiger partial charge < -0.3 is 4.55 Å². The van der Waals surface area contributed by atoms with E-state index in [1.54, 1.807) is 0 Å². The average Bonchev–Trinajstić information content (AvgIpc) is 2.46. The Balaban J connectivity index is 0.00000220. The van der Waals surface area contributed by atoms with E-state index in [1.165, 1.54) is 36.4 Å². The van der Waals surface area contributed by atoms with Crippen LogP contribution in [0.3, 0.4) is 0 Å². The zero-order chi connectivity index (χ0) is 14.8. The monoisotopic (exact) mass is 309 g/mol. The standard InChI is InChI=1S/C14H9NO4S.Na/c15-9-10-1-3-11(4-2-10)14(16)12-5-7-13(8-6-12)20(17,18)19;/h1-8H,(H,17,18,19);/q;+1/p-1. The van der Waals surface area contributed by atoms with Gasteiger partial charge in [-0.05, 0) is 48.5 Å². The third-order valence-electron chi connectivity index (χ3n) is 2.68. The number of nitriles is 1. The van der Waals surface area contributed by atoms with Crippen molar-refractivity contribution in [2.75, 3.05) is 0 Å². The Morgan fingerprint density at radius 3 is 1.76 bits per heavy atom. The third-order valence-corrected chi connectivity index (χ3v) is 3.53. The Morgan fingerprint density at radius 1 is 0.952 bits per heavy atom. The van der Waals surface area contributed by atoms with Gasteiger partial charge in [-0.1, -0.05) is 0 Å². The molecule has 0 aliphatic rings. The van der Waals surface area contributed by atoms with E-state index in [0.717, 1.165) is 12.1 Å². The van der Waals surface area contributed by atoms with Crippen LogP contribution in [0.4, 0.5) is 0 Å². The van der Waals surface area contributed by atoms with E-state index >= 15 is 0 Å². The zero-order valence-corrected chi connectivity index (χ0v) is 13.9. The van der Waals surface area contributed by atoms with Gasteiger partial charge in [-0.15, -0.1) is 0 Å². The van der Waals surface area contributed by atoms with Gasteiger partial charge in [-0.3, -0.25) is 4.79 Å². The maximum atomic E-state index is 12.1. The molecule has 0 aliphatic heterocycles. The summed E-state index contributed by atoms with van der Waals surface area (Å²) in [6.07, 6.45) is 0. The molecule has 0 amide bonds. The van der Waals surface area contributed by atoms with Crippen molar-refractivity contribution in [1.29, 1.82) is 5.26 Å². The minimum absolute atomic E-state index is 0. The van der Waals surface area contributed by atoms with Crippen LogP contribution in [0.1, 0.15) is 21.5 Å². The van der Waals surface area contributed by atoms with Crippen molar-refractivity contribution >= 4 is 15.9 Å². The molecule has 0 heterocycles. The maximum absolute atomic E-state index is 12.1. The first-order valence-electron chi connectivity index (χ1n) is 5.52. The largest absolute Gasteiger partial charge is 1.00 e. The van der Waals surface area contributed by atoms with Gasteiger partial charge in [-0.25, -0.2) is 8.42 Å². The number of nitrogens with zero attached hydrogens (tertiary/aromatic N) is 1. The molecular formula is C14H8NNaO4S. The topological polar surface area (TPSA) is 98.1 Å². The van der Waals surface area contributed by atoms with Gasteiger partial charge in [0.2, 0.25) is 0 Å². The van der Waals surface area contributed by atoms with Crippen LogP contribution in [0.5, 0.6) is 0 Å². The van der Waals surface area contributed by atoms with Crippen LogP contribution < -0.4 is 29.6 Å². The van der Waals surface area contributed by atoms with E-state index in [2.05, 4.69) is 0 Å². The van der Waals surface area contributed by atoms with Crippen LogP contribution in [-0.2, 0) is 10.1 Å². The number of hydrogen-bond acceptors (Lipinski definition) is 5. The summed E-state index contributed by atoms with van der Waals surface area (Å²) in [4.78, 5) is 11.7. The van der Waals surface area contributed by atoms with Gasteiger partial charge in [-0.2, -0.15) is 5.26 Å². The van der Waals surface area contributed by atoms with Crippen LogP contribution in [0.25, 0.3) is 0 Å². The van der Waals surface area contributed by atoms with Crippen LogP contribution in [0.15, 0.2) is 53.4 Å². The van der Waals surface area contributed by atoms with E-state index in [9.17, 15) is 17.8 Å². The molecule has 21 heavy (non-hydrogen) atoms. The second kappa shape index (κ2) is 6.98. The van der Waals surface area contributed by atoms with Gasteiger partial charge in [0.1, 0.15) is 10.1 Å². The smallest absolute Gasteiger partial charge is 0.744 e. The molecule has 2 rings (SSSR count). The molecule has 0 aliphatic carbocycles. The number of carbonyl (C=O) groups excluding carboxylic acids is 1. The second-order valence-corrected chi connectivity index (χ2v) is 5.38. The first-order valence-corrected chi connectivity index (χ1v) is 6.93. The van der Waals surface area contributed by atoms with Crippen molar-refractivity contribution in [3.8, 4) is 6.07 Å². The maximum Gasteiger partial charge on any atom is 1.00 e. The Bertz CT molecular complexity index is 790. The molecule has 100 valence electrons. The van der Waals surface area contributed by atoms with Crippen LogP contribution in [0.2, 0.25) is 0 Å². The van der Waals surface area contributed by atoms with Gasteiger partial charge in [0.15, 0.2) is 5.78 Å². The van der Waals surface area contributed by atoms with Crippen LogP contribution in [-0.4, -0.2) is 18.8 Å². The summed E-state index contributed by atoms with van der Waals surface area (Å²) in [5, 5.41) is 8.67. The molecule has 7 heteroatoms. The molecule has 2 aromatic carbocycles. The Morgan fingerprint density at radius 2 is 1.38 bits per heavy atom. The summed E-state index contributed by atoms with van der Waals surface area (Å²) in [5.74, 6) is -0.315. The molecule has 0 radical (unpaired) electrons. The van der Waals surface area contributed by atoms with Crippen molar-refractivity contribution < 1.29 is 47.3 Å². The molecule has 0 unspecified atom stereocenters. The van der Waals surface area contributed by atoms with Crippen LogP contribution in [0, 0.1) is 11.3 Å². The van der Waals surface area contributed by atoms with Gasteiger partial charge in [0.05, 0.1) is 16.5 Å². The van der Waals surface area contributed by atoms with Crippen molar-refractivity contribution in [3.05, 3.63) is 65.2 Å². The van der Waals surface area contributed by atoms with E-state index < -0.39 is 10.1 Å². The Kier molecular flexibility index (Phi) is 5.84. The molecule has 5 nitrogen and oxygen atoms in total. The zero-order valence-electron chi connectivity index (χ0n) is 11.1. The fourth-order valence-corrected chi connectivity index (χ4v) is 2.11. The van der Waals surface area contributed by atoms with Gasteiger partial charge in [0.25, 0.3) is 0 Å². The molecule has 0 saturated heterocycles. The minimum atomic E-state index is -4.52. The first kappa shape index (κ1) is 17.6. The number of hydrogen-bond donors (Lipinski definition) is 0. The molecule has 0 fully saturated rings. The summed E-state index contributed by atoms with van der Waals surface area (Å²) < 4.78 is 32.4. The van der Waals surface area contributed by atoms with Gasteiger partial charge >= 0.3 is 29.6 Å². The Hall–Kier alpha value is -1.49. The quantitative estimate of drug-likeness (QED) is 0.399. The van der Waals surface area contributed by atoms with E-state index in [4.69, 9.17) is 5.26 Å². The molecular weight excluding hydrogens is 301 g/mol. The number of ketones is 1. The SMILES string of the molecule is N#Cc1ccc(C(=O)c2ccc(S(=O)(=O)[O-])cc2)cc1.[Na+]. The minimum Gasteiger partial charge on any atom is -0.744 e. The number of benzene rings is 2. The third kappa shape index (κ3) is 4.24. The molecule has 0 bridgehead atoms. The van der Waals surface area contributed by atoms with Crippen molar-refractivity contribution in [2.45, 2.75) is 4.90 Å². The predicted molar refractivity (Wildman–Crippen MR) is 69.0 cm³/mol. The van der Waals surface area contributed by atoms with Crippen LogP contribution >= 0.6 is 0 Å². The van der Waals surface area contributed by atoms with Crippen molar-refractivity contribution in [2.24, 2.45) is 0 Å². The summed E-state index contributed by atoms with van der Waals surface area (Å²) in [6.45, 7) is 0. The first-order chi connectivity index (χ1) is 9.41.